The van der Waals surface area contributed by atoms with Crippen molar-refractivity contribution in [1.82, 2.24) is 14.9 Å². The van der Waals surface area contributed by atoms with Crippen LogP contribution in [0.1, 0.15) is 46.9 Å². The van der Waals surface area contributed by atoms with Gasteiger partial charge in [-0.2, -0.15) is 0 Å². The quantitative estimate of drug-likeness (QED) is 0.599. The van der Waals surface area contributed by atoms with E-state index >= 15 is 0 Å². The molecule has 1 amide bonds. The zero-order valence-electron chi connectivity index (χ0n) is 18.9. The van der Waals surface area contributed by atoms with Crippen molar-refractivity contribution in [2.45, 2.75) is 39.7 Å². The van der Waals surface area contributed by atoms with Crippen LogP contribution in [-0.4, -0.2) is 40.4 Å². The maximum atomic E-state index is 13.2. The Labute approximate surface area is 190 Å². The third-order valence-electron chi connectivity index (χ3n) is 6.74. The molecule has 2 aliphatic rings. The maximum Gasteiger partial charge on any atom is 0.254 e. The second-order valence-corrected chi connectivity index (χ2v) is 9.17. The van der Waals surface area contributed by atoms with Crippen LogP contribution in [0.2, 0.25) is 0 Å². The molecule has 0 saturated carbocycles. The van der Waals surface area contributed by atoms with E-state index in [0.29, 0.717) is 13.1 Å². The van der Waals surface area contributed by atoms with Crippen LogP contribution in [0, 0.1) is 12.8 Å². The summed E-state index contributed by atoms with van der Waals surface area (Å²) < 4.78 is 0. The second kappa shape index (κ2) is 8.73. The Balaban J connectivity index is 1.50. The van der Waals surface area contributed by atoms with E-state index < -0.39 is 0 Å². The van der Waals surface area contributed by atoms with Crippen LogP contribution in [0.15, 0.2) is 54.6 Å². The zero-order chi connectivity index (χ0) is 22.1. The average Bonchev–Trinajstić information content (AvgIpc) is 2.84. The standard InChI is InChI=1S/C27H30N4O/c1-19-8-10-22(11-9-19)27(32)31-17-14-24-23(18-31)26(30-15-12-20(2)13-16-30)29-25(28-24)21-6-4-3-5-7-21/h3-11,20H,12-18H2,1-2H3. The molecule has 0 atom stereocenters. The van der Waals surface area contributed by atoms with Crippen LogP contribution in [0.4, 0.5) is 5.82 Å². The van der Waals surface area contributed by atoms with Gasteiger partial charge in [0, 0.05) is 42.7 Å². The van der Waals surface area contributed by atoms with E-state index in [1.54, 1.807) is 0 Å². The molecule has 3 heterocycles. The molecule has 0 spiro atoms. The van der Waals surface area contributed by atoms with Gasteiger partial charge in [0.05, 0.1) is 12.2 Å². The van der Waals surface area contributed by atoms with Crippen LogP contribution in [0.25, 0.3) is 11.4 Å². The molecule has 32 heavy (non-hydrogen) atoms. The lowest BCUT2D eigenvalue weighted by molar-refractivity contribution is 0.0733. The summed E-state index contributed by atoms with van der Waals surface area (Å²) in [7, 11) is 0. The van der Waals surface area contributed by atoms with E-state index in [1.807, 2.05) is 54.3 Å². The molecule has 3 aromatic rings. The number of rotatable bonds is 3. The van der Waals surface area contributed by atoms with E-state index in [0.717, 1.165) is 65.0 Å². The van der Waals surface area contributed by atoms with Crippen molar-refractivity contribution in [3.05, 3.63) is 77.0 Å². The molecule has 5 rings (SSSR count). The van der Waals surface area contributed by atoms with Gasteiger partial charge < -0.3 is 9.80 Å². The van der Waals surface area contributed by atoms with E-state index in [2.05, 4.69) is 24.0 Å². The molecular formula is C27H30N4O. The molecule has 0 N–H and O–H groups in total. The zero-order valence-corrected chi connectivity index (χ0v) is 18.9. The van der Waals surface area contributed by atoms with Gasteiger partial charge in [-0.25, -0.2) is 9.97 Å². The lowest BCUT2D eigenvalue weighted by Crippen LogP contribution is -2.40. The molecule has 5 heteroatoms. The number of aryl methyl sites for hydroxylation is 1. The molecule has 1 fully saturated rings. The van der Waals surface area contributed by atoms with Gasteiger partial charge in [-0.05, 0) is 37.8 Å². The number of benzene rings is 2. The summed E-state index contributed by atoms with van der Waals surface area (Å²) in [6.45, 7) is 7.62. The van der Waals surface area contributed by atoms with Gasteiger partial charge >= 0.3 is 0 Å². The molecule has 0 bridgehead atoms. The highest BCUT2D eigenvalue weighted by molar-refractivity contribution is 5.94. The summed E-state index contributed by atoms with van der Waals surface area (Å²) in [6, 6.07) is 18.1. The molecule has 1 saturated heterocycles. The molecule has 0 aliphatic carbocycles. The normalized spacial score (nSPS) is 16.7. The molecule has 2 aliphatic heterocycles. The number of aromatic nitrogens is 2. The fraction of sp³-hybridized carbons (Fsp3) is 0.370. The van der Waals surface area contributed by atoms with Gasteiger partial charge in [0.25, 0.3) is 5.91 Å². The Morgan fingerprint density at radius 1 is 0.938 bits per heavy atom. The molecule has 2 aromatic carbocycles. The number of amides is 1. The van der Waals surface area contributed by atoms with Gasteiger partial charge in [-0.15, -0.1) is 0 Å². The van der Waals surface area contributed by atoms with E-state index in [-0.39, 0.29) is 5.91 Å². The van der Waals surface area contributed by atoms with Crippen molar-refractivity contribution in [3.63, 3.8) is 0 Å². The lowest BCUT2D eigenvalue weighted by atomic mass is 9.97. The number of fused-ring (bicyclic) bond motifs is 1. The second-order valence-electron chi connectivity index (χ2n) is 9.17. The number of hydrogen-bond acceptors (Lipinski definition) is 4. The smallest absolute Gasteiger partial charge is 0.254 e. The fourth-order valence-electron chi connectivity index (χ4n) is 4.65. The highest BCUT2D eigenvalue weighted by Gasteiger charge is 2.29. The van der Waals surface area contributed by atoms with Gasteiger partial charge in [0.1, 0.15) is 5.82 Å². The molecule has 5 nitrogen and oxygen atoms in total. The molecule has 0 unspecified atom stereocenters. The number of anilines is 1. The van der Waals surface area contributed by atoms with Gasteiger partial charge in [-0.3, -0.25) is 4.79 Å². The first kappa shape index (κ1) is 20.7. The highest BCUT2D eigenvalue weighted by atomic mass is 16.2. The summed E-state index contributed by atoms with van der Waals surface area (Å²) in [5.74, 6) is 2.64. The van der Waals surface area contributed by atoms with Gasteiger partial charge in [-0.1, -0.05) is 55.0 Å². The van der Waals surface area contributed by atoms with E-state index in [9.17, 15) is 4.79 Å². The minimum absolute atomic E-state index is 0.0843. The topological polar surface area (TPSA) is 49.3 Å². The molecule has 164 valence electrons. The number of carbonyl (C=O) groups excluding carboxylic acids is 1. The SMILES string of the molecule is Cc1ccc(C(=O)N2CCc3nc(-c4ccccc4)nc(N4CCC(C)CC4)c3C2)cc1. The Hall–Kier alpha value is -3.21. The van der Waals surface area contributed by atoms with Crippen molar-refractivity contribution < 1.29 is 4.79 Å². The van der Waals surface area contributed by atoms with Gasteiger partial charge in [0.2, 0.25) is 0 Å². The van der Waals surface area contributed by atoms with E-state index in [4.69, 9.17) is 9.97 Å². The van der Waals surface area contributed by atoms with Crippen molar-refractivity contribution >= 4 is 11.7 Å². The number of hydrogen-bond donors (Lipinski definition) is 0. The van der Waals surface area contributed by atoms with Crippen molar-refractivity contribution in [2.75, 3.05) is 24.5 Å². The Morgan fingerprint density at radius 2 is 1.66 bits per heavy atom. The van der Waals surface area contributed by atoms with Crippen LogP contribution < -0.4 is 4.90 Å². The molecule has 0 radical (unpaired) electrons. The summed E-state index contributed by atoms with van der Waals surface area (Å²) >= 11 is 0. The number of nitrogens with zero attached hydrogens (tertiary/aromatic N) is 4. The summed E-state index contributed by atoms with van der Waals surface area (Å²) in [4.78, 5) is 27.6. The Morgan fingerprint density at radius 3 is 2.38 bits per heavy atom. The van der Waals surface area contributed by atoms with Crippen LogP contribution in [-0.2, 0) is 13.0 Å². The maximum absolute atomic E-state index is 13.2. The minimum Gasteiger partial charge on any atom is -0.356 e. The van der Waals surface area contributed by atoms with Crippen LogP contribution in [0.3, 0.4) is 0 Å². The fourth-order valence-corrected chi connectivity index (χ4v) is 4.65. The Bertz CT molecular complexity index is 1100. The number of carbonyl (C=O) groups is 1. The Kier molecular flexibility index (Phi) is 5.64. The molecule has 1 aromatic heterocycles. The highest BCUT2D eigenvalue weighted by Crippen LogP contribution is 2.32. The third kappa shape index (κ3) is 4.12. The average molecular weight is 427 g/mol. The van der Waals surface area contributed by atoms with Crippen molar-refractivity contribution in [3.8, 4) is 11.4 Å². The number of piperidine rings is 1. The van der Waals surface area contributed by atoms with E-state index in [1.165, 1.54) is 12.8 Å². The first-order chi connectivity index (χ1) is 15.6. The predicted molar refractivity (Wildman–Crippen MR) is 128 cm³/mol. The van der Waals surface area contributed by atoms with Gasteiger partial charge in [0.15, 0.2) is 5.82 Å². The summed E-state index contributed by atoms with van der Waals surface area (Å²) in [5, 5.41) is 0. The molecular weight excluding hydrogens is 396 g/mol. The summed E-state index contributed by atoms with van der Waals surface area (Å²) in [5.41, 5.74) is 5.15. The largest absolute Gasteiger partial charge is 0.356 e. The first-order valence-corrected chi connectivity index (χ1v) is 11.6. The van der Waals surface area contributed by atoms with Crippen LogP contribution >= 0.6 is 0 Å². The predicted octanol–water partition coefficient (Wildman–Crippen LogP) is 4.89. The lowest BCUT2D eigenvalue weighted by Gasteiger charge is -2.36. The third-order valence-corrected chi connectivity index (χ3v) is 6.74. The summed E-state index contributed by atoms with van der Waals surface area (Å²) in [6.07, 6.45) is 3.10. The van der Waals surface area contributed by atoms with Crippen LogP contribution in [0.5, 0.6) is 0 Å². The van der Waals surface area contributed by atoms with Crippen molar-refractivity contribution in [1.29, 1.82) is 0 Å². The first-order valence-electron chi connectivity index (χ1n) is 11.6. The van der Waals surface area contributed by atoms with Crippen molar-refractivity contribution in [2.24, 2.45) is 5.92 Å². The minimum atomic E-state index is 0.0843. The monoisotopic (exact) mass is 426 g/mol.